The average Bonchev–Trinajstić information content (AvgIpc) is 2.42. The first kappa shape index (κ1) is 14.6. The molecule has 6 heteroatoms. The quantitative estimate of drug-likeness (QED) is 0.832. The summed E-state index contributed by atoms with van der Waals surface area (Å²) >= 11 is 8.33. The first-order valence-corrected chi connectivity index (χ1v) is 7.05. The van der Waals surface area contributed by atoms with E-state index in [-0.39, 0.29) is 10.9 Å². The Morgan fingerprint density at radius 1 is 1.25 bits per heavy atom. The van der Waals surface area contributed by atoms with Crippen LogP contribution in [0.25, 0.3) is 0 Å². The van der Waals surface area contributed by atoms with E-state index in [9.17, 15) is 4.79 Å². The molecule has 0 aliphatic carbocycles. The van der Waals surface area contributed by atoms with Crippen LogP contribution in [0.1, 0.15) is 11.5 Å². The number of nitrogens with zero attached hydrogens (tertiary/aromatic N) is 1. The number of rotatable bonds is 4. The van der Waals surface area contributed by atoms with Gasteiger partial charge >= 0.3 is 0 Å². The fraction of sp³-hybridized carbons (Fsp3) is 0.0714. The van der Waals surface area contributed by atoms with Crippen LogP contribution in [0, 0.1) is 0 Å². The van der Waals surface area contributed by atoms with Gasteiger partial charge in [-0.25, -0.2) is 4.98 Å². The lowest BCUT2D eigenvalue weighted by Crippen LogP contribution is -2.31. The lowest BCUT2D eigenvalue weighted by molar-refractivity contribution is -0.116. The Kier molecular flexibility index (Phi) is 4.81. The van der Waals surface area contributed by atoms with E-state index < -0.39 is 5.92 Å². The van der Waals surface area contributed by atoms with Gasteiger partial charge in [-0.1, -0.05) is 42.5 Å². The summed E-state index contributed by atoms with van der Waals surface area (Å²) in [6, 6.07) is 12.7. The van der Waals surface area contributed by atoms with Crippen LogP contribution in [-0.4, -0.2) is 15.9 Å². The standard InChI is InChI=1S/C14H12BrN3OS/c15-10-7-4-8-17-13(10)18-14(19)11(12(16)20)9-5-2-1-3-6-9/h1-8,11H,(H2,16,20)(H,17,18,19). The van der Waals surface area contributed by atoms with Crippen LogP contribution in [0.3, 0.4) is 0 Å². The summed E-state index contributed by atoms with van der Waals surface area (Å²) in [4.78, 5) is 16.6. The number of thiocarbonyl (C=S) groups is 1. The van der Waals surface area contributed by atoms with Crippen LogP contribution in [0.2, 0.25) is 0 Å². The predicted octanol–water partition coefficient (Wildman–Crippen LogP) is 2.85. The Balaban J connectivity index is 2.25. The number of anilines is 1. The van der Waals surface area contributed by atoms with E-state index in [1.54, 1.807) is 18.3 Å². The van der Waals surface area contributed by atoms with Crippen molar-refractivity contribution >= 4 is 44.9 Å². The van der Waals surface area contributed by atoms with Crippen molar-refractivity contribution in [3.63, 3.8) is 0 Å². The SMILES string of the molecule is NC(=S)C(C(=O)Nc1ncccc1Br)c1ccccc1. The van der Waals surface area contributed by atoms with E-state index >= 15 is 0 Å². The van der Waals surface area contributed by atoms with E-state index in [0.29, 0.717) is 10.3 Å². The molecule has 4 nitrogen and oxygen atoms in total. The molecule has 1 aromatic heterocycles. The molecule has 0 aliphatic rings. The van der Waals surface area contributed by atoms with Crippen LogP contribution in [-0.2, 0) is 4.79 Å². The number of carbonyl (C=O) groups is 1. The zero-order valence-electron chi connectivity index (χ0n) is 10.4. The molecular formula is C14H12BrN3OS. The van der Waals surface area contributed by atoms with Crippen LogP contribution in [0.15, 0.2) is 53.1 Å². The molecule has 2 rings (SSSR count). The number of carbonyl (C=O) groups excluding carboxylic acids is 1. The van der Waals surface area contributed by atoms with Gasteiger partial charge < -0.3 is 11.1 Å². The summed E-state index contributed by atoms with van der Waals surface area (Å²) in [5.41, 5.74) is 6.45. The second kappa shape index (κ2) is 6.58. The van der Waals surface area contributed by atoms with E-state index in [1.807, 2.05) is 30.3 Å². The van der Waals surface area contributed by atoms with E-state index in [2.05, 4.69) is 26.2 Å². The molecule has 0 fully saturated rings. The first-order chi connectivity index (χ1) is 9.59. The van der Waals surface area contributed by atoms with Gasteiger partial charge in [0.1, 0.15) is 11.7 Å². The van der Waals surface area contributed by atoms with Gasteiger partial charge in [0.15, 0.2) is 0 Å². The number of hydrogen-bond donors (Lipinski definition) is 2. The molecule has 0 spiro atoms. The molecule has 0 aliphatic heterocycles. The molecule has 1 heterocycles. The van der Waals surface area contributed by atoms with Crippen molar-refractivity contribution in [2.24, 2.45) is 5.73 Å². The number of nitrogens with one attached hydrogen (secondary N) is 1. The summed E-state index contributed by atoms with van der Waals surface area (Å²) in [5.74, 6) is -0.544. The summed E-state index contributed by atoms with van der Waals surface area (Å²) in [6.07, 6.45) is 1.60. The van der Waals surface area contributed by atoms with Crippen molar-refractivity contribution in [2.75, 3.05) is 5.32 Å². The maximum absolute atomic E-state index is 12.4. The van der Waals surface area contributed by atoms with Crippen LogP contribution < -0.4 is 11.1 Å². The van der Waals surface area contributed by atoms with Crippen molar-refractivity contribution in [1.29, 1.82) is 0 Å². The third kappa shape index (κ3) is 3.40. The Hall–Kier alpha value is -1.79. The maximum Gasteiger partial charge on any atom is 0.239 e. The molecular weight excluding hydrogens is 338 g/mol. The minimum absolute atomic E-state index is 0.126. The molecule has 3 N–H and O–H groups in total. The number of halogens is 1. The third-order valence-corrected chi connectivity index (χ3v) is 3.56. The minimum Gasteiger partial charge on any atom is -0.392 e. The largest absolute Gasteiger partial charge is 0.392 e. The number of amides is 1. The van der Waals surface area contributed by atoms with Crippen molar-refractivity contribution in [2.45, 2.75) is 5.92 Å². The molecule has 0 radical (unpaired) electrons. The lowest BCUT2D eigenvalue weighted by Gasteiger charge is -2.16. The molecule has 1 amide bonds. The van der Waals surface area contributed by atoms with Gasteiger partial charge in [-0.15, -0.1) is 0 Å². The van der Waals surface area contributed by atoms with Gasteiger partial charge in [-0.2, -0.15) is 0 Å². The van der Waals surface area contributed by atoms with Gasteiger partial charge in [0.05, 0.1) is 9.46 Å². The molecule has 0 bridgehead atoms. The number of benzene rings is 1. The zero-order chi connectivity index (χ0) is 14.5. The number of nitrogens with two attached hydrogens (primary N) is 1. The van der Waals surface area contributed by atoms with Gasteiger partial charge in [0, 0.05) is 6.20 Å². The van der Waals surface area contributed by atoms with Crippen molar-refractivity contribution < 1.29 is 4.79 Å². The first-order valence-electron chi connectivity index (χ1n) is 5.85. The highest BCUT2D eigenvalue weighted by molar-refractivity contribution is 9.10. The smallest absolute Gasteiger partial charge is 0.239 e. The molecule has 1 atom stereocenters. The Morgan fingerprint density at radius 3 is 2.55 bits per heavy atom. The molecule has 20 heavy (non-hydrogen) atoms. The number of aromatic nitrogens is 1. The van der Waals surface area contributed by atoms with Gasteiger partial charge in [-0.05, 0) is 33.6 Å². The van der Waals surface area contributed by atoms with Gasteiger partial charge in [0.25, 0.3) is 0 Å². The highest BCUT2D eigenvalue weighted by Gasteiger charge is 2.24. The van der Waals surface area contributed by atoms with Gasteiger partial charge in [0.2, 0.25) is 5.91 Å². The van der Waals surface area contributed by atoms with Crippen molar-refractivity contribution in [3.05, 3.63) is 58.7 Å². The Bertz CT molecular complexity index is 633. The summed E-state index contributed by atoms with van der Waals surface area (Å²) < 4.78 is 0.697. The topological polar surface area (TPSA) is 68.0 Å². The van der Waals surface area contributed by atoms with E-state index in [4.69, 9.17) is 18.0 Å². The average molecular weight is 350 g/mol. The molecule has 0 saturated heterocycles. The Morgan fingerprint density at radius 2 is 1.95 bits per heavy atom. The monoisotopic (exact) mass is 349 g/mol. The number of pyridine rings is 1. The maximum atomic E-state index is 12.4. The highest BCUT2D eigenvalue weighted by atomic mass is 79.9. The molecule has 1 unspecified atom stereocenters. The third-order valence-electron chi connectivity index (χ3n) is 2.68. The number of hydrogen-bond acceptors (Lipinski definition) is 3. The summed E-state index contributed by atoms with van der Waals surface area (Å²) in [6.45, 7) is 0. The molecule has 102 valence electrons. The molecule has 2 aromatic rings. The fourth-order valence-corrected chi connectivity index (χ4v) is 2.35. The second-order valence-corrected chi connectivity index (χ2v) is 5.39. The zero-order valence-corrected chi connectivity index (χ0v) is 12.8. The molecule has 0 saturated carbocycles. The Labute approximate surface area is 130 Å². The predicted molar refractivity (Wildman–Crippen MR) is 86.5 cm³/mol. The second-order valence-electron chi connectivity index (χ2n) is 4.07. The van der Waals surface area contributed by atoms with Crippen molar-refractivity contribution in [1.82, 2.24) is 4.98 Å². The van der Waals surface area contributed by atoms with Crippen molar-refractivity contribution in [3.8, 4) is 0 Å². The van der Waals surface area contributed by atoms with Crippen LogP contribution in [0.4, 0.5) is 5.82 Å². The lowest BCUT2D eigenvalue weighted by atomic mass is 9.98. The normalized spacial score (nSPS) is 11.7. The highest BCUT2D eigenvalue weighted by Crippen LogP contribution is 2.22. The summed E-state index contributed by atoms with van der Waals surface area (Å²) in [5, 5.41) is 2.73. The minimum atomic E-state index is -0.680. The fourth-order valence-electron chi connectivity index (χ4n) is 1.76. The molecule has 1 aromatic carbocycles. The summed E-state index contributed by atoms with van der Waals surface area (Å²) in [7, 11) is 0. The van der Waals surface area contributed by atoms with Crippen LogP contribution in [0.5, 0.6) is 0 Å². The van der Waals surface area contributed by atoms with E-state index in [0.717, 1.165) is 5.56 Å². The van der Waals surface area contributed by atoms with Crippen LogP contribution >= 0.6 is 28.1 Å². The van der Waals surface area contributed by atoms with E-state index in [1.165, 1.54) is 0 Å². The van der Waals surface area contributed by atoms with Gasteiger partial charge in [-0.3, -0.25) is 4.79 Å².